The molecule has 29 heavy (non-hydrogen) atoms. The van der Waals surface area contributed by atoms with Gasteiger partial charge in [0.15, 0.2) is 0 Å². The van der Waals surface area contributed by atoms with E-state index < -0.39 is 0 Å². The van der Waals surface area contributed by atoms with Crippen molar-refractivity contribution < 1.29 is 9.53 Å². The minimum Gasteiger partial charge on any atom is -0.383 e. The van der Waals surface area contributed by atoms with Crippen molar-refractivity contribution in [3.63, 3.8) is 0 Å². The van der Waals surface area contributed by atoms with Gasteiger partial charge < -0.3 is 14.5 Å². The van der Waals surface area contributed by atoms with Gasteiger partial charge in [0.25, 0.3) is 0 Å². The van der Waals surface area contributed by atoms with Gasteiger partial charge in [-0.1, -0.05) is 43.5 Å². The van der Waals surface area contributed by atoms with E-state index in [1.165, 1.54) is 70.0 Å². The lowest BCUT2D eigenvalue weighted by atomic mass is 9.60. The van der Waals surface area contributed by atoms with Crippen LogP contribution in [0.4, 0.5) is 0 Å². The van der Waals surface area contributed by atoms with E-state index in [9.17, 15) is 4.79 Å². The second kappa shape index (κ2) is 8.03. The number of ether oxygens (including phenoxy) is 1. The predicted octanol–water partition coefficient (Wildman–Crippen LogP) is 4.29. The van der Waals surface area contributed by atoms with Gasteiger partial charge in [-0.05, 0) is 67.7 Å². The molecule has 0 N–H and O–H groups in total. The van der Waals surface area contributed by atoms with E-state index in [2.05, 4.69) is 34.1 Å². The van der Waals surface area contributed by atoms with Crippen molar-refractivity contribution in [3.8, 4) is 0 Å². The molecule has 1 aromatic carbocycles. The number of hydrogen-bond donors (Lipinski definition) is 0. The SMILES string of the molecule is COCCN1C(=O)C[C@@H]2CC3(CCN(C4CCCCC4)CC3)c3ccccc3C21. The molecule has 2 atom stereocenters. The second-order valence-electron chi connectivity index (χ2n) is 9.89. The Bertz CT molecular complexity index is 734. The zero-order valence-electron chi connectivity index (χ0n) is 17.9. The van der Waals surface area contributed by atoms with Gasteiger partial charge >= 0.3 is 0 Å². The van der Waals surface area contributed by atoms with Crippen LogP contribution in [0.1, 0.15) is 75.0 Å². The molecular weight excluding hydrogens is 360 g/mol. The molecule has 0 aromatic heterocycles. The number of rotatable bonds is 4. The first-order valence-electron chi connectivity index (χ1n) is 11.8. The molecule has 0 radical (unpaired) electrons. The van der Waals surface area contributed by atoms with Crippen molar-refractivity contribution in [3.05, 3.63) is 35.4 Å². The van der Waals surface area contributed by atoms with Gasteiger partial charge in [-0.3, -0.25) is 4.79 Å². The second-order valence-corrected chi connectivity index (χ2v) is 9.89. The summed E-state index contributed by atoms with van der Waals surface area (Å²) < 4.78 is 5.30. The first-order valence-corrected chi connectivity index (χ1v) is 11.8. The lowest BCUT2D eigenvalue weighted by Crippen LogP contribution is -2.50. The van der Waals surface area contributed by atoms with Crippen molar-refractivity contribution in [2.75, 3.05) is 33.4 Å². The van der Waals surface area contributed by atoms with Crippen LogP contribution in [0, 0.1) is 5.92 Å². The third-order valence-electron chi connectivity index (χ3n) is 8.43. The maximum absolute atomic E-state index is 12.8. The van der Waals surface area contributed by atoms with Crippen LogP contribution < -0.4 is 0 Å². The fourth-order valence-electron chi connectivity index (χ4n) is 7.01. The summed E-state index contributed by atoms with van der Waals surface area (Å²) in [6.07, 6.45) is 11.5. The standard InChI is InChI=1S/C25H36N2O2/c1-29-16-15-27-23(28)17-19-18-25(22-10-6-5-9-21(22)24(19)27)11-13-26(14-12-25)20-7-3-2-4-8-20/h5-6,9-10,19-20,24H,2-4,7-8,11-18H2,1H3/t19-,24?/m1/s1. The van der Waals surface area contributed by atoms with E-state index >= 15 is 0 Å². The van der Waals surface area contributed by atoms with Crippen LogP contribution in [-0.4, -0.2) is 55.1 Å². The van der Waals surface area contributed by atoms with Gasteiger partial charge in [0.05, 0.1) is 12.6 Å². The Morgan fingerprint density at radius 1 is 1.10 bits per heavy atom. The van der Waals surface area contributed by atoms with E-state index in [4.69, 9.17) is 4.74 Å². The highest BCUT2D eigenvalue weighted by molar-refractivity contribution is 5.80. The molecule has 2 heterocycles. The number of likely N-dealkylation sites (tertiary alicyclic amines) is 2. The van der Waals surface area contributed by atoms with Crippen LogP contribution in [0.15, 0.2) is 24.3 Å². The Labute approximate surface area is 175 Å². The number of benzene rings is 1. The van der Waals surface area contributed by atoms with E-state index in [0.717, 1.165) is 12.5 Å². The van der Waals surface area contributed by atoms with Crippen LogP contribution in [0.2, 0.25) is 0 Å². The molecule has 1 saturated carbocycles. The smallest absolute Gasteiger partial charge is 0.223 e. The van der Waals surface area contributed by atoms with Gasteiger partial charge in [0.2, 0.25) is 5.91 Å². The number of methoxy groups -OCH3 is 1. The van der Waals surface area contributed by atoms with E-state index in [1.807, 2.05) is 0 Å². The molecule has 1 spiro atoms. The molecule has 2 saturated heterocycles. The molecular formula is C25H36N2O2. The first kappa shape index (κ1) is 19.6. The lowest BCUT2D eigenvalue weighted by molar-refractivity contribution is -0.129. The number of hydrogen-bond acceptors (Lipinski definition) is 3. The van der Waals surface area contributed by atoms with Gasteiger partial charge in [-0.15, -0.1) is 0 Å². The highest BCUT2D eigenvalue weighted by atomic mass is 16.5. The summed E-state index contributed by atoms with van der Waals surface area (Å²) in [5, 5.41) is 0. The van der Waals surface area contributed by atoms with Crippen molar-refractivity contribution in [2.45, 2.75) is 75.3 Å². The number of carbonyl (C=O) groups is 1. The van der Waals surface area contributed by atoms with E-state index in [-0.39, 0.29) is 11.5 Å². The van der Waals surface area contributed by atoms with Gasteiger partial charge in [0, 0.05) is 26.1 Å². The van der Waals surface area contributed by atoms with E-state index in [1.54, 1.807) is 12.7 Å². The average molecular weight is 397 g/mol. The third kappa shape index (κ3) is 3.42. The molecule has 4 heteroatoms. The maximum Gasteiger partial charge on any atom is 0.223 e. The molecule has 1 aromatic rings. The quantitative estimate of drug-likeness (QED) is 0.761. The normalized spacial score (nSPS) is 29.8. The summed E-state index contributed by atoms with van der Waals surface area (Å²) in [4.78, 5) is 17.8. The third-order valence-corrected chi connectivity index (χ3v) is 8.43. The number of fused-ring (bicyclic) bond motifs is 4. The van der Waals surface area contributed by atoms with Crippen LogP contribution in [0.5, 0.6) is 0 Å². The van der Waals surface area contributed by atoms with Crippen LogP contribution in [0.25, 0.3) is 0 Å². The Balaban J connectivity index is 1.40. The minimum absolute atomic E-state index is 0.260. The van der Waals surface area contributed by atoms with Crippen LogP contribution in [0.3, 0.4) is 0 Å². The zero-order valence-corrected chi connectivity index (χ0v) is 17.9. The van der Waals surface area contributed by atoms with Crippen LogP contribution in [-0.2, 0) is 14.9 Å². The molecule has 4 aliphatic rings. The van der Waals surface area contributed by atoms with Crippen molar-refractivity contribution >= 4 is 5.91 Å². The average Bonchev–Trinajstić information content (AvgIpc) is 3.08. The fourth-order valence-corrected chi connectivity index (χ4v) is 7.01. The highest BCUT2D eigenvalue weighted by Crippen LogP contribution is 2.55. The minimum atomic E-state index is 0.260. The molecule has 2 aliphatic carbocycles. The summed E-state index contributed by atoms with van der Waals surface area (Å²) in [5.74, 6) is 0.791. The summed E-state index contributed by atoms with van der Waals surface area (Å²) >= 11 is 0. The van der Waals surface area contributed by atoms with Crippen molar-refractivity contribution in [2.24, 2.45) is 5.92 Å². The molecule has 1 unspecified atom stereocenters. The maximum atomic E-state index is 12.8. The number of amides is 1. The number of nitrogens with zero attached hydrogens (tertiary/aromatic N) is 2. The van der Waals surface area contributed by atoms with Crippen molar-refractivity contribution in [1.82, 2.24) is 9.80 Å². The van der Waals surface area contributed by atoms with E-state index in [0.29, 0.717) is 25.0 Å². The van der Waals surface area contributed by atoms with Gasteiger partial charge in [-0.25, -0.2) is 0 Å². The monoisotopic (exact) mass is 396 g/mol. The summed E-state index contributed by atoms with van der Waals surface area (Å²) in [7, 11) is 1.72. The number of piperidine rings is 1. The molecule has 1 amide bonds. The number of carbonyl (C=O) groups excluding carboxylic acids is 1. The fraction of sp³-hybridized carbons (Fsp3) is 0.720. The largest absolute Gasteiger partial charge is 0.383 e. The van der Waals surface area contributed by atoms with Gasteiger partial charge in [0.1, 0.15) is 0 Å². The lowest BCUT2D eigenvalue weighted by Gasteiger charge is -2.51. The predicted molar refractivity (Wildman–Crippen MR) is 115 cm³/mol. The summed E-state index contributed by atoms with van der Waals surface area (Å²) in [5.41, 5.74) is 3.25. The highest BCUT2D eigenvalue weighted by Gasteiger charge is 2.52. The summed E-state index contributed by atoms with van der Waals surface area (Å²) in [6, 6.07) is 10.1. The van der Waals surface area contributed by atoms with Gasteiger partial charge in [-0.2, -0.15) is 0 Å². The molecule has 3 fully saturated rings. The van der Waals surface area contributed by atoms with Crippen molar-refractivity contribution in [1.29, 1.82) is 0 Å². The zero-order chi connectivity index (χ0) is 19.8. The Morgan fingerprint density at radius 2 is 1.86 bits per heavy atom. The summed E-state index contributed by atoms with van der Waals surface area (Å²) in [6.45, 7) is 3.81. The molecule has 158 valence electrons. The molecule has 4 nitrogen and oxygen atoms in total. The van der Waals surface area contributed by atoms with Crippen LogP contribution >= 0.6 is 0 Å². The molecule has 5 rings (SSSR count). The Kier molecular flexibility index (Phi) is 5.42. The Morgan fingerprint density at radius 3 is 2.62 bits per heavy atom. The topological polar surface area (TPSA) is 32.8 Å². The Hall–Kier alpha value is -1.39. The first-order chi connectivity index (χ1) is 14.2. The molecule has 2 aliphatic heterocycles. The molecule has 0 bridgehead atoms.